The Labute approximate surface area is 107 Å². The van der Waals surface area contributed by atoms with Crippen LogP contribution in [0.2, 0.25) is 0 Å². The Morgan fingerprint density at radius 1 is 1.29 bits per heavy atom. The second kappa shape index (κ2) is 6.20. The standard InChI is InChI=1S/C16H31F/c1-6-9-16(4,5)15(8-7-13(3)17)11-14-10-12(14)2/h12-15H,6-11H2,1-5H3. The Bertz CT molecular complexity index is 220. The molecule has 0 aromatic carbocycles. The van der Waals surface area contributed by atoms with E-state index in [2.05, 4.69) is 27.7 Å². The van der Waals surface area contributed by atoms with E-state index < -0.39 is 6.17 Å². The number of alkyl halides is 1. The van der Waals surface area contributed by atoms with Crippen molar-refractivity contribution in [3.05, 3.63) is 0 Å². The van der Waals surface area contributed by atoms with Gasteiger partial charge in [-0.2, -0.15) is 0 Å². The normalized spacial score (nSPS) is 27.9. The molecule has 0 aromatic rings. The van der Waals surface area contributed by atoms with Gasteiger partial charge in [0.1, 0.15) is 0 Å². The summed E-state index contributed by atoms with van der Waals surface area (Å²) >= 11 is 0. The third-order valence-corrected chi connectivity index (χ3v) is 4.78. The molecule has 0 heterocycles. The quantitative estimate of drug-likeness (QED) is 0.518. The van der Waals surface area contributed by atoms with Crippen LogP contribution >= 0.6 is 0 Å². The van der Waals surface area contributed by atoms with Crippen LogP contribution in [0, 0.1) is 23.2 Å². The first-order valence-corrected chi connectivity index (χ1v) is 7.51. The zero-order valence-electron chi connectivity index (χ0n) is 12.4. The van der Waals surface area contributed by atoms with Crippen molar-refractivity contribution in [2.75, 3.05) is 0 Å². The lowest BCUT2D eigenvalue weighted by Crippen LogP contribution is -2.25. The van der Waals surface area contributed by atoms with E-state index in [1.165, 1.54) is 25.7 Å². The molecule has 0 aliphatic heterocycles. The minimum absolute atomic E-state index is 0.395. The first-order chi connectivity index (χ1) is 7.86. The van der Waals surface area contributed by atoms with Crippen molar-refractivity contribution in [3.63, 3.8) is 0 Å². The van der Waals surface area contributed by atoms with Crippen molar-refractivity contribution in [1.82, 2.24) is 0 Å². The molecule has 4 atom stereocenters. The number of hydrogen-bond acceptors (Lipinski definition) is 0. The second-order valence-electron chi connectivity index (χ2n) is 7.00. The van der Waals surface area contributed by atoms with Gasteiger partial charge >= 0.3 is 0 Å². The number of hydrogen-bond donors (Lipinski definition) is 0. The summed E-state index contributed by atoms with van der Waals surface area (Å²) in [4.78, 5) is 0. The fourth-order valence-corrected chi connectivity index (χ4v) is 3.20. The van der Waals surface area contributed by atoms with Crippen molar-refractivity contribution in [2.24, 2.45) is 23.2 Å². The lowest BCUT2D eigenvalue weighted by Gasteiger charge is -2.35. The molecular formula is C16H31F. The molecule has 0 N–H and O–H groups in total. The predicted molar refractivity (Wildman–Crippen MR) is 73.9 cm³/mol. The van der Waals surface area contributed by atoms with Crippen molar-refractivity contribution >= 4 is 0 Å². The summed E-state index contributed by atoms with van der Waals surface area (Å²) in [7, 11) is 0. The number of rotatable bonds is 8. The van der Waals surface area contributed by atoms with Gasteiger partial charge < -0.3 is 0 Å². The van der Waals surface area contributed by atoms with Gasteiger partial charge in [0.15, 0.2) is 0 Å². The highest BCUT2D eigenvalue weighted by Crippen LogP contribution is 2.48. The minimum Gasteiger partial charge on any atom is -0.248 e. The molecule has 1 aliphatic carbocycles. The van der Waals surface area contributed by atoms with Crippen molar-refractivity contribution in [1.29, 1.82) is 0 Å². The van der Waals surface area contributed by atoms with Gasteiger partial charge in [0.2, 0.25) is 0 Å². The van der Waals surface area contributed by atoms with Gasteiger partial charge in [0, 0.05) is 0 Å². The zero-order chi connectivity index (χ0) is 13.1. The highest BCUT2D eigenvalue weighted by molar-refractivity contribution is 4.89. The van der Waals surface area contributed by atoms with Gasteiger partial charge in [-0.25, -0.2) is 4.39 Å². The van der Waals surface area contributed by atoms with E-state index in [4.69, 9.17) is 0 Å². The van der Waals surface area contributed by atoms with E-state index >= 15 is 0 Å². The van der Waals surface area contributed by atoms with Crippen LogP contribution in [0.25, 0.3) is 0 Å². The predicted octanol–water partition coefficient (Wildman–Crippen LogP) is 5.61. The van der Waals surface area contributed by atoms with E-state index in [-0.39, 0.29) is 0 Å². The Morgan fingerprint density at radius 2 is 1.88 bits per heavy atom. The van der Waals surface area contributed by atoms with Gasteiger partial charge in [-0.15, -0.1) is 0 Å². The van der Waals surface area contributed by atoms with Gasteiger partial charge in [0.05, 0.1) is 6.17 Å². The van der Waals surface area contributed by atoms with Gasteiger partial charge in [-0.05, 0) is 62.2 Å². The molecule has 17 heavy (non-hydrogen) atoms. The highest BCUT2D eigenvalue weighted by Gasteiger charge is 2.38. The maximum absolute atomic E-state index is 13.1. The van der Waals surface area contributed by atoms with E-state index in [0.717, 1.165) is 30.6 Å². The molecule has 1 saturated carbocycles. The Kier molecular flexibility index (Phi) is 5.47. The van der Waals surface area contributed by atoms with Crippen LogP contribution in [0.1, 0.15) is 73.1 Å². The third-order valence-electron chi connectivity index (χ3n) is 4.78. The van der Waals surface area contributed by atoms with Crippen LogP contribution in [0.3, 0.4) is 0 Å². The Morgan fingerprint density at radius 3 is 2.29 bits per heavy atom. The SMILES string of the molecule is CCCC(C)(C)C(CCC(C)F)CC1CC1C. The van der Waals surface area contributed by atoms with Crippen LogP contribution in [-0.2, 0) is 0 Å². The molecule has 0 saturated heterocycles. The average Bonchev–Trinajstić information content (AvgIpc) is 2.88. The lowest BCUT2D eigenvalue weighted by molar-refractivity contribution is 0.147. The summed E-state index contributed by atoms with van der Waals surface area (Å²) < 4.78 is 13.1. The van der Waals surface area contributed by atoms with Gasteiger partial charge in [-0.1, -0.05) is 34.1 Å². The minimum atomic E-state index is -0.633. The molecule has 1 heteroatoms. The molecule has 4 unspecified atom stereocenters. The van der Waals surface area contributed by atoms with Crippen molar-refractivity contribution < 1.29 is 4.39 Å². The van der Waals surface area contributed by atoms with Crippen LogP contribution < -0.4 is 0 Å². The van der Waals surface area contributed by atoms with Crippen LogP contribution in [-0.4, -0.2) is 6.17 Å². The molecule has 0 nitrogen and oxygen atoms in total. The van der Waals surface area contributed by atoms with Crippen LogP contribution in [0.5, 0.6) is 0 Å². The topological polar surface area (TPSA) is 0 Å². The van der Waals surface area contributed by atoms with Gasteiger partial charge in [0.25, 0.3) is 0 Å². The lowest BCUT2D eigenvalue weighted by atomic mass is 9.71. The molecule has 0 spiro atoms. The molecule has 1 aliphatic rings. The van der Waals surface area contributed by atoms with Crippen molar-refractivity contribution in [2.45, 2.75) is 79.3 Å². The maximum atomic E-state index is 13.1. The largest absolute Gasteiger partial charge is 0.248 e. The zero-order valence-corrected chi connectivity index (χ0v) is 12.4. The average molecular weight is 242 g/mol. The smallest absolute Gasteiger partial charge is 0.0973 e. The molecule has 0 amide bonds. The summed E-state index contributed by atoms with van der Waals surface area (Å²) in [6, 6.07) is 0. The second-order valence-corrected chi connectivity index (χ2v) is 7.00. The summed E-state index contributed by atoms with van der Waals surface area (Å²) in [6.07, 6.45) is 6.46. The fraction of sp³-hybridized carbons (Fsp3) is 1.00. The summed E-state index contributed by atoms with van der Waals surface area (Å²) in [6.45, 7) is 11.1. The third kappa shape index (κ3) is 4.97. The van der Waals surface area contributed by atoms with Gasteiger partial charge in [-0.3, -0.25) is 0 Å². The van der Waals surface area contributed by atoms with E-state index in [0.29, 0.717) is 5.41 Å². The molecule has 102 valence electrons. The van der Waals surface area contributed by atoms with Crippen LogP contribution in [0.4, 0.5) is 4.39 Å². The fourth-order valence-electron chi connectivity index (χ4n) is 3.20. The molecule has 1 fully saturated rings. The van der Waals surface area contributed by atoms with E-state index in [1.54, 1.807) is 6.92 Å². The Hall–Kier alpha value is -0.0700. The Balaban J connectivity index is 2.50. The monoisotopic (exact) mass is 242 g/mol. The first kappa shape index (κ1) is 15.0. The summed E-state index contributed by atoms with van der Waals surface area (Å²) in [5.74, 6) is 2.58. The maximum Gasteiger partial charge on any atom is 0.0973 e. The number of halogens is 1. The first-order valence-electron chi connectivity index (χ1n) is 7.51. The summed E-state index contributed by atoms with van der Waals surface area (Å²) in [5, 5.41) is 0. The van der Waals surface area contributed by atoms with E-state index in [1.807, 2.05) is 0 Å². The van der Waals surface area contributed by atoms with Crippen LogP contribution in [0.15, 0.2) is 0 Å². The molecule has 0 aromatic heterocycles. The van der Waals surface area contributed by atoms with Crippen molar-refractivity contribution in [3.8, 4) is 0 Å². The summed E-state index contributed by atoms with van der Waals surface area (Å²) in [5.41, 5.74) is 0.395. The molecular weight excluding hydrogens is 211 g/mol. The van der Waals surface area contributed by atoms with E-state index in [9.17, 15) is 4.39 Å². The molecule has 0 bridgehead atoms. The highest BCUT2D eigenvalue weighted by atomic mass is 19.1. The molecule has 1 rings (SSSR count). The molecule has 0 radical (unpaired) electrons.